The van der Waals surface area contributed by atoms with Gasteiger partial charge in [-0.05, 0) is 26.7 Å². The first kappa shape index (κ1) is 16.4. The third kappa shape index (κ3) is 4.51. The van der Waals surface area contributed by atoms with Crippen LogP contribution in [0.5, 0.6) is 0 Å². The lowest BCUT2D eigenvalue weighted by Crippen LogP contribution is -2.46. The molecule has 21 heavy (non-hydrogen) atoms. The van der Waals surface area contributed by atoms with Crippen LogP contribution in [0.25, 0.3) is 0 Å². The van der Waals surface area contributed by atoms with Gasteiger partial charge in [0.15, 0.2) is 0 Å². The number of fused-ring (bicyclic) bond motifs is 1. The zero-order valence-electron chi connectivity index (χ0n) is 12.6. The molecular formula is C14H25N3O3S. The van der Waals surface area contributed by atoms with Gasteiger partial charge in [-0.15, -0.1) is 0 Å². The summed E-state index contributed by atoms with van der Waals surface area (Å²) in [5.41, 5.74) is -0.550. The Bertz CT molecular complexity index is 403. The first-order valence-electron chi connectivity index (χ1n) is 7.52. The van der Waals surface area contributed by atoms with Crippen LogP contribution in [-0.4, -0.2) is 52.3 Å². The molecule has 0 aliphatic carbocycles. The molecule has 120 valence electrons. The van der Waals surface area contributed by atoms with E-state index >= 15 is 0 Å². The van der Waals surface area contributed by atoms with E-state index < -0.39 is 5.54 Å². The largest absolute Gasteiger partial charge is 0.394 e. The van der Waals surface area contributed by atoms with E-state index in [9.17, 15) is 9.59 Å². The number of aliphatic hydroxyl groups is 1. The predicted molar refractivity (Wildman–Crippen MR) is 83.3 cm³/mol. The molecule has 0 aromatic carbocycles. The van der Waals surface area contributed by atoms with Gasteiger partial charge >= 0.3 is 6.03 Å². The SMILES string of the molecule is CC(C)(CO)NC(=O)CCCC[C@@H]1SC[C@@H]2NC(=O)N[C@@H]21. The van der Waals surface area contributed by atoms with Gasteiger partial charge in [0.05, 0.1) is 24.2 Å². The smallest absolute Gasteiger partial charge is 0.315 e. The number of aliphatic hydroxyl groups excluding tert-OH is 1. The van der Waals surface area contributed by atoms with E-state index in [0.717, 1.165) is 25.0 Å². The van der Waals surface area contributed by atoms with Crippen molar-refractivity contribution >= 4 is 23.7 Å². The number of urea groups is 1. The van der Waals surface area contributed by atoms with Crippen molar-refractivity contribution in [2.45, 2.75) is 62.4 Å². The summed E-state index contributed by atoms with van der Waals surface area (Å²) in [5.74, 6) is 0.959. The van der Waals surface area contributed by atoms with Crippen molar-refractivity contribution in [3.05, 3.63) is 0 Å². The Morgan fingerprint density at radius 1 is 1.43 bits per heavy atom. The van der Waals surface area contributed by atoms with Crippen molar-refractivity contribution in [3.63, 3.8) is 0 Å². The van der Waals surface area contributed by atoms with E-state index in [0.29, 0.717) is 11.7 Å². The highest BCUT2D eigenvalue weighted by Gasteiger charge is 2.42. The van der Waals surface area contributed by atoms with E-state index in [1.54, 1.807) is 13.8 Å². The molecule has 0 bridgehead atoms. The standard InChI is InChI=1S/C14H25N3O3S/c1-14(2,8-18)17-11(19)6-4-3-5-10-12-9(7-21-10)15-13(20)16-12/h9-10,12,18H,3-8H2,1-2H3,(H,17,19)(H2,15,16,20)/t9-,10-,12-/m0/s1. The average molecular weight is 315 g/mol. The number of unbranched alkanes of at least 4 members (excludes halogenated alkanes) is 1. The second-order valence-electron chi connectivity index (χ2n) is 6.46. The molecule has 3 amide bonds. The van der Waals surface area contributed by atoms with Gasteiger partial charge in [0.1, 0.15) is 0 Å². The van der Waals surface area contributed by atoms with Crippen LogP contribution in [0.3, 0.4) is 0 Å². The highest BCUT2D eigenvalue weighted by atomic mass is 32.2. The average Bonchev–Trinajstić information content (AvgIpc) is 2.94. The molecule has 2 rings (SSSR count). The minimum absolute atomic E-state index is 0.0122. The summed E-state index contributed by atoms with van der Waals surface area (Å²) < 4.78 is 0. The van der Waals surface area contributed by atoms with Crippen molar-refractivity contribution in [2.24, 2.45) is 0 Å². The summed E-state index contributed by atoms with van der Waals surface area (Å²) in [6, 6.07) is 0.451. The molecule has 0 aromatic rings. The van der Waals surface area contributed by atoms with Gasteiger partial charge in [0.25, 0.3) is 0 Å². The number of carbonyl (C=O) groups is 2. The Kier molecular flexibility index (Phi) is 5.37. The molecular weight excluding hydrogens is 290 g/mol. The lowest BCUT2D eigenvalue weighted by molar-refractivity contribution is -0.123. The third-order valence-electron chi connectivity index (χ3n) is 3.95. The van der Waals surface area contributed by atoms with E-state index in [1.165, 1.54) is 0 Å². The molecule has 6 nitrogen and oxygen atoms in total. The fraction of sp³-hybridized carbons (Fsp3) is 0.857. The van der Waals surface area contributed by atoms with Gasteiger partial charge in [-0.2, -0.15) is 11.8 Å². The number of rotatable bonds is 7. The Labute approximate surface area is 129 Å². The lowest BCUT2D eigenvalue weighted by Gasteiger charge is -2.23. The predicted octanol–water partition coefficient (Wildman–Crippen LogP) is 0.599. The molecule has 0 unspecified atom stereocenters. The molecule has 0 radical (unpaired) electrons. The van der Waals surface area contributed by atoms with Crippen molar-refractivity contribution in [3.8, 4) is 0 Å². The van der Waals surface area contributed by atoms with Gasteiger partial charge in [0.2, 0.25) is 5.91 Å². The lowest BCUT2D eigenvalue weighted by atomic mass is 10.0. The molecule has 4 N–H and O–H groups in total. The van der Waals surface area contributed by atoms with Gasteiger partial charge < -0.3 is 21.1 Å². The minimum Gasteiger partial charge on any atom is -0.394 e. The highest BCUT2D eigenvalue weighted by Crippen LogP contribution is 2.33. The summed E-state index contributed by atoms with van der Waals surface area (Å²) in [7, 11) is 0. The number of hydrogen-bond acceptors (Lipinski definition) is 4. The number of amides is 3. The molecule has 2 fully saturated rings. The van der Waals surface area contributed by atoms with Crippen LogP contribution in [0.4, 0.5) is 4.79 Å². The first-order valence-corrected chi connectivity index (χ1v) is 8.57. The maximum absolute atomic E-state index is 11.7. The number of nitrogens with one attached hydrogen (secondary N) is 3. The van der Waals surface area contributed by atoms with Crippen molar-refractivity contribution in [1.82, 2.24) is 16.0 Å². The zero-order chi connectivity index (χ0) is 15.5. The topological polar surface area (TPSA) is 90.5 Å². The van der Waals surface area contributed by atoms with E-state index in [-0.39, 0.29) is 30.6 Å². The normalized spacial score (nSPS) is 28.0. The summed E-state index contributed by atoms with van der Waals surface area (Å²) in [5, 5.41) is 18.3. The number of hydrogen-bond donors (Lipinski definition) is 4. The molecule has 7 heteroatoms. The van der Waals surface area contributed by atoms with Crippen LogP contribution in [0.15, 0.2) is 0 Å². The van der Waals surface area contributed by atoms with Gasteiger partial charge in [0, 0.05) is 17.4 Å². The molecule has 3 atom stereocenters. The maximum Gasteiger partial charge on any atom is 0.315 e. The number of carbonyl (C=O) groups excluding carboxylic acids is 2. The Morgan fingerprint density at radius 3 is 2.90 bits per heavy atom. The highest BCUT2D eigenvalue weighted by molar-refractivity contribution is 8.00. The quantitative estimate of drug-likeness (QED) is 0.409. The van der Waals surface area contributed by atoms with Gasteiger partial charge in [-0.3, -0.25) is 4.79 Å². The van der Waals surface area contributed by atoms with E-state index in [4.69, 9.17) is 5.11 Å². The molecule has 0 aromatic heterocycles. The Morgan fingerprint density at radius 2 is 2.19 bits per heavy atom. The van der Waals surface area contributed by atoms with Gasteiger partial charge in [-0.25, -0.2) is 4.79 Å². The van der Waals surface area contributed by atoms with Crippen molar-refractivity contribution < 1.29 is 14.7 Å². The monoisotopic (exact) mass is 315 g/mol. The van der Waals surface area contributed by atoms with E-state index in [1.807, 2.05) is 11.8 Å². The van der Waals surface area contributed by atoms with Crippen molar-refractivity contribution in [2.75, 3.05) is 12.4 Å². The molecule has 2 heterocycles. The number of thioether (sulfide) groups is 1. The molecule has 2 aliphatic heterocycles. The van der Waals surface area contributed by atoms with E-state index in [2.05, 4.69) is 16.0 Å². The van der Waals surface area contributed by atoms with Crippen LogP contribution >= 0.6 is 11.8 Å². The molecule has 0 saturated carbocycles. The van der Waals surface area contributed by atoms with Crippen molar-refractivity contribution in [1.29, 1.82) is 0 Å². The zero-order valence-corrected chi connectivity index (χ0v) is 13.5. The Hall–Kier alpha value is -0.950. The van der Waals surface area contributed by atoms with Gasteiger partial charge in [-0.1, -0.05) is 6.42 Å². The Balaban J connectivity index is 1.62. The second kappa shape index (κ2) is 6.87. The first-order chi connectivity index (χ1) is 9.91. The fourth-order valence-corrected chi connectivity index (χ4v) is 4.30. The summed E-state index contributed by atoms with van der Waals surface area (Å²) >= 11 is 1.90. The van der Waals surface area contributed by atoms with Crippen LogP contribution in [-0.2, 0) is 4.79 Å². The summed E-state index contributed by atoms with van der Waals surface area (Å²) in [6.45, 7) is 3.54. The fourth-order valence-electron chi connectivity index (χ4n) is 2.75. The summed E-state index contributed by atoms with van der Waals surface area (Å²) in [6.07, 6.45) is 3.32. The molecule has 2 saturated heterocycles. The van der Waals surface area contributed by atoms with Crippen LogP contribution < -0.4 is 16.0 Å². The molecule has 0 spiro atoms. The second-order valence-corrected chi connectivity index (χ2v) is 7.73. The van der Waals surface area contributed by atoms with Crippen LogP contribution in [0.1, 0.15) is 39.5 Å². The maximum atomic E-state index is 11.7. The third-order valence-corrected chi connectivity index (χ3v) is 5.46. The van der Waals surface area contributed by atoms with Crippen LogP contribution in [0, 0.1) is 0 Å². The summed E-state index contributed by atoms with van der Waals surface area (Å²) in [4.78, 5) is 23.0. The van der Waals surface area contributed by atoms with Crippen LogP contribution in [0.2, 0.25) is 0 Å². The minimum atomic E-state index is -0.550. The molecule has 2 aliphatic rings.